The van der Waals surface area contributed by atoms with E-state index in [4.69, 9.17) is 9.47 Å². The molecular weight excluding hydrogens is 542 g/mol. The standard InChI is InChI=1S/C28H33N3O8.ClH/c1-17-8-4-5-11-23(17)39-16-22(32)15-29-12-7-13-38-28(35)25-19(3)30-18(2)24(27(33)34)26(25)20-9-6-10-21(14-20)31(36)37;/h4-6,8-11,14,22,26,29-30,32H,7,12-13,15-16H2,1-3H3,(H,33,34);1H. The number of nitrogens with zero attached hydrogens (tertiary/aromatic N) is 1. The Morgan fingerprint density at radius 3 is 2.48 bits per heavy atom. The number of esters is 1. The van der Waals surface area contributed by atoms with Crippen molar-refractivity contribution >= 4 is 30.0 Å². The lowest BCUT2D eigenvalue weighted by atomic mass is 9.80. The zero-order valence-corrected chi connectivity index (χ0v) is 23.3. The number of carbonyl (C=O) groups excluding carboxylic acids is 1. The third-order valence-electron chi connectivity index (χ3n) is 6.26. The van der Waals surface area contributed by atoms with Gasteiger partial charge < -0.3 is 30.3 Å². The van der Waals surface area contributed by atoms with E-state index in [0.29, 0.717) is 35.7 Å². The average molecular weight is 576 g/mol. The van der Waals surface area contributed by atoms with E-state index in [2.05, 4.69) is 10.6 Å². The van der Waals surface area contributed by atoms with Gasteiger partial charge in [-0.3, -0.25) is 10.1 Å². The van der Waals surface area contributed by atoms with E-state index in [9.17, 15) is 29.9 Å². The van der Waals surface area contributed by atoms with Crippen molar-refractivity contribution in [2.45, 2.75) is 39.2 Å². The molecule has 3 rings (SSSR count). The summed E-state index contributed by atoms with van der Waals surface area (Å²) in [6.45, 7) is 6.05. The highest BCUT2D eigenvalue weighted by atomic mass is 35.5. The quantitative estimate of drug-likeness (QED) is 0.120. The molecule has 216 valence electrons. The zero-order valence-electron chi connectivity index (χ0n) is 22.5. The predicted molar refractivity (Wildman–Crippen MR) is 150 cm³/mol. The Bertz CT molecular complexity index is 1290. The van der Waals surface area contributed by atoms with Crippen LogP contribution in [-0.4, -0.2) is 59.5 Å². The number of hydrogen-bond donors (Lipinski definition) is 4. The molecule has 0 saturated heterocycles. The van der Waals surface area contributed by atoms with E-state index >= 15 is 0 Å². The maximum absolute atomic E-state index is 13.1. The lowest BCUT2D eigenvalue weighted by Crippen LogP contribution is -2.33. The van der Waals surface area contributed by atoms with Gasteiger partial charge in [0.05, 0.1) is 28.6 Å². The molecule has 4 N–H and O–H groups in total. The van der Waals surface area contributed by atoms with Crippen molar-refractivity contribution in [2.24, 2.45) is 0 Å². The summed E-state index contributed by atoms with van der Waals surface area (Å²) in [5, 5.41) is 37.4. The van der Waals surface area contributed by atoms with Crippen LogP contribution in [0.5, 0.6) is 5.75 Å². The van der Waals surface area contributed by atoms with Gasteiger partial charge in [-0.25, -0.2) is 9.59 Å². The van der Waals surface area contributed by atoms with Gasteiger partial charge in [-0.2, -0.15) is 0 Å². The van der Waals surface area contributed by atoms with Gasteiger partial charge in [0, 0.05) is 30.1 Å². The van der Waals surface area contributed by atoms with Gasteiger partial charge in [0.15, 0.2) is 0 Å². The van der Waals surface area contributed by atoms with Gasteiger partial charge in [-0.15, -0.1) is 12.4 Å². The summed E-state index contributed by atoms with van der Waals surface area (Å²) < 4.78 is 11.1. The number of benzene rings is 2. The second-order valence-electron chi connectivity index (χ2n) is 9.22. The molecule has 2 aromatic rings. The monoisotopic (exact) mass is 575 g/mol. The Morgan fingerprint density at radius 2 is 1.80 bits per heavy atom. The maximum atomic E-state index is 13.1. The van der Waals surface area contributed by atoms with Crippen molar-refractivity contribution < 1.29 is 34.2 Å². The minimum Gasteiger partial charge on any atom is -0.491 e. The van der Waals surface area contributed by atoms with Crippen LogP contribution in [-0.2, 0) is 14.3 Å². The number of para-hydroxylation sites is 1. The second kappa shape index (κ2) is 15.0. The number of halogens is 1. The number of ether oxygens (including phenoxy) is 2. The summed E-state index contributed by atoms with van der Waals surface area (Å²) in [4.78, 5) is 36.0. The summed E-state index contributed by atoms with van der Waals surface area (Å²) in [6, 6.07) is 13.1. The van der Waals surface area contributed by atoms with E-state index in [1.807, 2.05) is 31.2 Å². The van der Waals surface area contributed by atoms with E-state index in [1.54, 1.807) is 19.9 Å². The maximum Gasteiger partial charge on any atom is 0.336 e. The second-order valence-corrected chi connectivity index (χ2v) is 9.22. The topological polar surface area (TPSA) is 160 Å². The molecule has 12 heteroatoms. The van der Waals surface area contributed by atoms with Gasteiger partial charge in [-0.1, -0.05) is 30.3 Å². The average Bonchev–Trinajstić information content (AvgIpc) is 2.89. The Kier molecular flexibility index (Phi) is 12.1. The molecule has 1 heterocycles. The number of non-ortho nitro benzene ring substituents is 1. The first-order valence-electron chi connectivity index (χ1n) is 12.5. The fourth-order valence-corrected chi connectivity index (χ4v) is 4.37. The minimum atomic E-state index is -1.25. The van der Waals surface area contributed by atoms with Crippen molar-refractivity contribution in [3.05, 3.63) is 92.3 Å². The molecule has 0 spiro atoms. The van der Waals surface area contributed by atoms with Crippen LogP contribution < -0.4 is 15.4 Å². The number of carboxylic acids is 1. The molecule has 2 unspecified atom stereocenters. The number of aliphatic hydroxyl groups is 1. The van der Waals surface area contributed by atoms with Gasteiger partial charge in [0.25, 0.3) is 5.69 Å². The van der Waals surface area contributed by atoms with Crippen LogP contribution >= 0.6 is 12.4 Å². The molecule has 0 amide bonds. The number of nitrogens with one attached hydrogen (secondary N) is 2. The van der Waals surface area contributed by atoms with Gasteiger partial charge in [-0.05, 0) is 50.9 Å². The Labute approximate surface area is 238 Å². The van der Waals surface area contributed by atoms with Crippen LogP contribution in [0.15, 0.2) is 71.1 Å². The molecule has 0 saturated carbocycles. The van der Waals surface area contributed by atoms with Crippen molar-refractivity contribution in [1.29, 1.82) is 0 Å². The SMILES string of the molecule is CC1=C(C(=O)O)C(c2cccc([N+](=O)[O-])c2)C(C(=O)OCCCNCC(O)COc2ccccc2C)=C(C)N1.Cl. The summed E-state index contributed by atoms with van der Waals surface area (Å²) in [6.07, 6.45) is -0.285. The lowest BCUT2D eigenvalue weighted by Gasteiger charge is -2.29. The molecule has 0 radical (unpaired) electrons. The largest absolute Gasteiger partial charge is 0.491 e. The number of nitro benzene ring substituents is 1. The molecule has 0 bridgehead atoms. The fourth-order valence-electron chi connectivity index (χ4n) is 4.37. The van der Waals surface area contributed by atoms with Crippen LogP contribution in [0.1, 0.15) is 37.3 Å². The molecule has 1 aliphatic heterocycles. The number of nitro groups is 1. The molecule has 0 aliphatic carbocycles. The molecule has 2 aromatic carbocycles. The first-order valence-corrected chi connectivity index (χ1v) is 12.5. The Hall–Kier alpha value is -3.93. The van der Waals surface area contributed by atoms with Crippen molar-refractivity contribution in [1.82, 2.24) is 10.6 Å². The highest BCUT2D eigenvalue weighted by Crippen LogP contribution is 2.39. The minimum absolute atomic E-state index is 0. The van der Waals surface area contributed by atoms with E-state index in [-0.39, 0.29) is 49.0 Å². The lowest BCUT2D eigenvalue weighted by molar-refractivity contribution is -0.384. The van der Waals surface area contributed by atoms with Crippen molar-refractivity contribution in [3.8, 4) is 5.75 Å². The summed E-state index contributed by atoms with van der Waals surface area (Å²) in [5.41, 5.74) is 1.81. The first-order chi connectivity index (χ1) is 18.6. The highest BCUT2D eigenvalue weighted by molar-refractivity contribution is 5.99. The number of aliphatic hydroxyl groups excluding tert-OH is 1. The molecule has 0 fully saturated rings. The molecule has 2 atom stereocenters. The number of allylic oxidation sites excluding steroid dienone is 2. The predicted octanol–water partition coefficient (Wildman–Crippen LogP) is 3.61. The Balaban J connectivity index is 0.00000560. The highest BCUT2D eigenvalue weighted by Gasteiger charge is 2.37. The smallest absolute Gasteiger partial charge is 0.336 e. The third kappa shape index (κ3) is 8.28. The van der Waals surface area contributed by atoms with Crippen LogP contribution in [0.3, 0.4) is 0 Å². The number of aryl methyl sites for hydroxylation is 1. The van der Waals surface area contributed by atoms with E-state index in [1.165, 1.54) is 18.2 Å². The van der Waals surface area contributed by atoms with Gasteiger partial charge in [0.2, 0.25) is 0 Å². The first kappa shape index (κ1) is 32.3. The molecule has 40 heavy (non-hydrogen) atoms. The van der Waals surface area contributed by atoms with Gasteiger partial charge in [0.1, 0.15) is 18.5 Å². The normalized spacial score (nSPS) is 15.6. The summed E-state index contributed by atoms with van der Waals surface area (Å²) >= 11 is 0. The number of aliphatic carboxylic acids is 1. The Morgan fingerprint density at radius 1 is 1.10 bits per heavy atom. The fraction of sp³-hybridized carbons (Fsp3) is 0.357. The van der Waals surface area contributed by atoms with Crippen molar-refractivity contribution in [3.63, 3.8) is 0 Å². The summed E-state index contributed by atoms with van der Waals surface area (Å²) in [7, 11) is 0. The van der Waals surface area contributed by atoms with Crippen LogP contribution in [0.25, 0.3) is 0 Å². The van der Waals surface area contributed by atoms with E-state index < -0.39 is 28.9 Å². The number of hydrogen-bond acceptors (Lipinski definition) is 9. The van der Waals surface area contributed by atoms with Crippen LogP contribution in [0.2, 0.25) is 0 Å². The number of carbonyl (C=O) groups is 2. The molecule has 1 aliphatic rings. The van der Waals surface area contributed by atoms with Crippen LogP contribution in [0.4, 0.5) is 5.69 Å². The summed E-state index contributed by atoms with van der Waals surface area (Å²) in [5.74, 6) is -2.29. The van der Waals surface area contributed by atoms with Gasteiger partial charge >= 0.3 is 11.9 Å². The number of dihydropyridines is 1. The number of carboxylic acid groups (broad SMARTS) is 1. The van der Waals surface area contributed by atoms with E-state index in [0.717, 1.165) is 5.56 Å². The molecule has 0 aromatic heterocycles. The zero-order chi connectivity index (χ0) is 28.5. The van der Waals surface area contributed by atoms with Crippen LogP contribution in [0, 0.1) is 17.0 Å². The van der Waals surface area contributed by atoms with Crippen molar-refractivity contribution in [2.75, 3.05) is 26.3 Å². The third-order valence-corrected chi connectivity index (χ3v) is 6.26. The molecule has 11 nitrogen and oxygen atoms in total. The molecular formula is C28H34ClN3O8. The number of rotatable bonds is 13.